The molecule has 0 aliphatic carbocycles. The molecule has 6 heteroatoms. The lowest BCUT2D eigenvalue weighted by Gasteiger charge is -2.23. The molecule has 118 valence electrons. The predicted octanol–water partition coefficient (Wildman–Crippen LogP) is 3.22. The molecule has 2 heterocycles. The van der Waals surface area contributed by atoms with E-state index in [2.05, 4.69) is 13.8 Å². The van der Waals surface area contributed by atoms with Crippen LogP contribution in [0.15, 0.2) is 0 Å². The maximum atomic E-state index is 12.4. The Morgan fingerprint density at radius 1 is 1.30 bits per heavy atom. The zero-order valence-electron chi connectivity index (χ0n) is 12.9. The molecule has 0 radical (unpaired) electrons. The number of ether oxygens (including phenoxy) is 2. The molecule has 2 rings (SSSR count). The van der Waals surface area contributed by atoms with Gasteiger partial charge in [0.05, 0.1) is 31.0 Å². The number of hydrogen-bond acceptors (Lipinski definition) is 5. The molecule has 2 aliphatic heterocycles. The smallest absolute Gasteiger partial charge is 0.328 e. The van der Waals surface area contributed by atoms with Crippen LogP contribution in [-0.2, 0) is 23.1 Å². The third kappa shape index (κ3) is 4.28. The van der Waals surface area contributed by atoms with E-state index < -0.39 is 7.60 Å². The second-order valence-corrected chi connectivity index (χ2v) is 8.03. The minimum atomic E-state index is -3.06. The minimum absolute atomic E-state index is 0.0172. The molecule has 0 unspecified atom stereocenters. The predicted molar refractivity (Wildman–Crippen MR) is 77.1 cm³/mol. The van der Waals surface area contributed by atoms with E-state index in [1.165, 1.54) is 0 Å². The maximum absolute atomic E-state index is 12.4. The molecule has 2 fully saturated rings. The fourth-order valence-electron chi connectivity index (χ4n) is 2.84. The topological polar surface area (TPSA) is 54.0 Å². The van der Waals surface area contributed by atoms with Crippen molar-refractivity contribution in [1.82, 2.24) is 0 Å². The maximum Gasteiger partial charge on any atom is 0.328 e. The molecule has 0 aromatic heterocycles. The van der Waals surface area contributed by atoms with Gasteiger partial charge in [0.15, 0.2) is 0 Å². The van der Waals surface area contributed by atoms with Crippen molar-refractivity contribution in [3.63, 3.8) is 0 Å². The Kier molecular flexibility index (Phi) is 5.66. The summed E-state index contributed by atoms with van der Waals surface area (Å²) in [5.41, 5.74) is 0. The van der Waals surface area contributed by atoms with Gasteiger partial charge in [0.25, 0.3) is 0 Å². The van der Waals surface area contributed by atoms with Gasteiger partial charge >= 0.3 is 7.60 Å². The zero-order valence-corrected chi connectivity index (χ0v) is 13.8. The molecule has 2 aliphatic rings. The number of hydrogen-bond donors (Lipinski definition) is 0. The largest absolute Gasteiger partial charge is 0.376 e. The van der Waals surface area contributed by atoms with Crippen molar-refractivity contribution in [3.8, 4) is 0 Å². The van der Waals surface area contributed by atoms with Gasteiger partial charge in [0.2, 0.25) is 0 Å². The van der Waals surface area contributed by atoms with Crippen molar-refractivity contribution in [2.45, 2.75) is 64.4 Å². The lowest BCUT2D eigenvalue weighted by atomic mass is 10.1. The van der Waals surface area contributed by atoms with Crippen LogP contribution in [0.25, 0.3) is 0 Å². The van der Waals surface area contributed by atoms with Crippen LogP contribution in [0.3, 0.4) is 0 Å². The summed E-state index contributed by atoms with van der Waals surface area (Å²) in [5.74, 6) is 0.452. The van der Waals surface area contributed by atoms with Gasteiger partial charge in [-0.05, 0) is 25.7 Å². The fraction of sp³-hybridized carbons (Fsp3) is 1.00. The quantitative estimate of drug-likeness (QED) is 0.705. The molecular formula is C14H27O5P. The van der Waals surface area contributed by atoms with E-state index in [4.69, 9.17) is 18.5 Å². The minimum Gasteiger partial charge on any atom is -0.376 e. The van der Waals surface area contributed by atoms with Gasteiger partial charge < -0.3 is 18.5 Å². The molecule has 0 aromatic carbocycles. The van der Waals surface area contributed by atoms with Crippen LogP contribution in [0.4, 0.5) is 0 Å². The van der Waals surface area contributed by atoms with Crippen LogP contribution in [-0.4, -0.2) is 44.3 Å². The summed E-state index contributed by atoms with van der Waals surface area (Å²) in [6, 6.07) is 0. The Hall–Kier alpha value is 0.0700. The average molecular weight is 306 g/mol. The van der Waals surface area contributed by atoms with Crippen LogP contribution in [0.1, 0.15) is 40.0 Å². The summed E-state index contributed by atoms with van der Waals surface area (Å²) in [6.45, 7) is 8.84. The monoisotopic (exact) mass is 306 g/mol. The van der Waals surface area contributed by atoms with Crippen molar-refractivity contribution < 1.29 is 23.1 Å². The summed E-state index contributed by atoms with van der Waals surface area (Å²) in [6.07, 6.45) is 2.75. The van der Waals surface area contributed by atoms with Gasteiger partial charge in [-0.1, -0.05) is 13.8 Å². The summed E-state index contributed by atoms with van der Waals surface area (Å²) >= 11 is 0. The Balaban J connectivity index is 1.82. The van der Waals surface area contributed by atoms with Gasteiger partial charge in [0, 0.05) is 19.7 Å². The lowest BCUT2D eigenvalue weighted by molar-refractivity contribution is 0.0102. The van der Waals surface area contributed by atoms with Crippen molar-refractivity contribution >= 4 is 7.60 Å². The van der Waals surface area contributed by atoms with Gasteiger partial charge in [-0.2, -0.15) is 0 Å². The highest BCUT2D eigenvalue weighted by Crippen LogP contribution is 2.48. The molecule has 0 spiro atoms. The molecule has 5 nitrogen and oxygen atoms in total. The van der Waals surface area contributed by atoms with E-state index in [-0.39, 0.29) is 24.4 Å². The zero-order chi connectivity index (χ0) is 14.8. The molecule has 20 heavy (non-hydrogen) atoms. The van der Waals surface area contributed by atoms with E-state index >= 15 is 0 Å². The highest BCUT2D eigenvalue weighted by Gasteiger charge is 2.37. The first kappa shape index (κ1) is 16.4. The molecule has 2 saturated heterocycles. The molecule has 0 saturated carbocycles. The van der Waals surface area contributed by atoms with Crippen LogP contribution < -0.4 is 0 Å². The van der Waals surface area contributed by atoms with Crippen LogP contribution in [0.2, 0.25) is 0 Å². The van der Waals surface area contributed by atoms with Crippen molar-refractivity contribution in [1.29, 1.82) is 0 Å². The van der Waals surface area contributed by atoms with Crippen molar-refractivity contribution in [2.24, 2.45) is 5.92 Å². The van der Waals surface area contributed by atoms with E-state index in [1.54, 1.807) is 6.66 Å². The SMILES string of the molecule is CC[C@H]1O[C@@H](C)C[C@@H]1O[P@@](C)(=O)OC[C@H]1OCC[C@@H]1C. The summed E-state index contributed by atoms with van der Waals surface area (Å²) < 4.78 is 35.0. The molecule has 0 bridgehead atoms. The highest BCUT2D eigenvalue weighted by molar-refractivity contribution is 7.53. The van der Waals surface area contributed by atoms with E-state index in [1.807, 2.05) is 6.92 Å². The highest BCUT2D eigenvalue weighted by atomic mass is 31.2. The third-order valence-corrected chi connectivity index (χ3v) is 5.40. The molecule has 0 aromatic rings. The van der Waals surface area contributed by atoms with Crippen molar-refractivity contribution in [2.75, 3.05) is 19.9 Å². The van der Waals surface area contributed by atoms with E-state index in [9.17, 15) is 4.57 Å². The van der Waals surface area contributed by atoms with Gasteiger partial charge in [-0.25, -0.2) is 0 Å². The molecule has 6 atom stereocenters. The van der Waals surface area contributed by atoms with Gasteiger partial charge in [-0.15, -0.1) is 0 Å². The Labute approximate surface area is 121 Å². The van der Waals surface area contributed by atoms with Crippen LogP contribution in [0.5, 0.6) is 0 Å². The lowest BCUT2D eigenvalue weighted by Crippen LogP contribution is -2.24. The van der Waals surface area contributed by atoms with E-state index in [0.29, 0.717) is 12.5 Å². The Morgan fingerprint density at radius 3 is 2.65 bits per heavy atom. The average Bonchev–Trinajstić information content (AvgIpc) is 2.92. The molecule has 0 N–H and O–H groups in total. The van der Waals surface area contributed by atoms with Crippen LogP contribution in [0, 0.1) is 5.92 Å². The fourth-order valence-corrected chi connectivity index (χ4v) is 4.04. The van der Waals surface area contributed by atoms with Crippen molar-refractivity contribution in [3.05, 3.63) is 0 Å². The number of rotatable bonds is 6. The standard InChI is InChI=1S/C14H27O5P/c1-5-12-13(8-11(3)18-12)19-20(4,15)17-9-14-10(2)6-7-16-14/h10-14H,5-9H2,1-4H3/t10-,11-,12+,13-,14+,20-/m0/s1. The van der Waals surface area contributed by atoms with Crippen LogP contribution >= 0.6 is 7.60 Å². The summed E-state index contributed by atoms with van der Waals surface area (Å²) in [5, 5.41) is 0. The first-order valence-electron chi connectivity index (χ1n) is 7.58. The third-order valence-electron chi connectivity index (χ3n) is 4.13. The molecular weight excluding hydrogens is 279 g/mol. The van der Waals surface area contributed by atoms with E-state index in [0.717, 1.165) is 25.9 Å². The second-order valence-electron chi connectivity index (χ2n) is 6.02. The van der Waals surface area contributed by atoms with Gasteiger partial charge in [0.1, 0.15) is 0 Å². The first-order valence-corrected chi connectivity index (χ1v) is 9.57. The molecule has 0 amide bonds. The summed E-state index contributed by atoms with van der Waals surface area (Å²) in [4.78, 5) is 0. The normalized spacial score (nSPS) is 40.9. The first-order chi connectivity index (χ1) is 9.41. The second kappa shape index (κ2) is 6.89. The Morgan fingerprint density at radius 2 is 2.05 bits per heavy atom. The van der Waals surface area contributed by atoms with Gasteiger partial charge in [-0.3, -0.25) is 4.57 Å². The Bertz CT molecular complexity index is 361. The summed E-state index contributed by atoms with van der Waals surface area (Å²) in [7, 11) is -3.06.